The minimum atomic E-state index is -0.733. The van der Waals surface area contributed by atoms with Crippen molar-refractivity contribution in [3.05, 3.63) is 61.3 Å². The summed E-state index contributed by atoms with van der Waals surface area (Å²) in [6.45, 7) is -0.622. The van der Waals surface area contributed by atoms with Gasteiger partial charge in [-0.1, -0.05) is 11.6 Å². The van der Waals surface area contributed by atoms with Crippen LogP contribution in [0.2, 0.25) is 5.02 Å². The number of halogens is 1. The topological polar surface area (TPSA) is 98.6 Å². The number of hydrogen-bond acceptors (Lipinski definition) is 5. The monoisotopic (exact) mass is 269 g/mol. The number of nitro groups is 2. The Balaban J connectivity index is 2.83. The van der Waals surface area contributed by atoms with E-state index in [4.69, 9.17) is 11.6 Å². The summed E-state index contributed by atoms with van der Waals surface area (Å²) < 4.78 is 0. The van der Waals surface area contributed by atoms with Crippen molar-refractivity contribution in [3.8, 4) is 0 Å². The van der Waals surface area contributed by atoms with E-state index < -0.39 is 22.1 Å². The first kappa shape index (κ1) is 13.8. The van der Waals surface area contributed by atoms with Gasteiger partial charge in [-0.3, -0.25) is 20.2 Å². The molecule has 1 aromatic carbocycles. The van der Waals surface area contributed by atoms with E-state index >= 15 is 0 Å². The van der Waals surface area contributed by atoms with E-state index in [9.17, 15) is 20.2 Å². The van der Waals surface area contributed by atoms with Gasteiger partial charge in [-0.15, -0.1) is 0 Å². The number of rotatable bonds is 5. The number of allylic oxidation sites excluding steroid dienone is 1. The van der Waals surface area contributed by atoms with Gasteiger partial charge in [-0.25, -0.2) is 4.99 Å². The molecule has 8 heteroatoms. The zero-order valence-electron chi connectivity index (χ0n) is 9.02. The van der Waals surface area contributed by atoms with E-state index in [2.05, 4.69) is 4.99 Å². The Bertz CT molecular complexity index is 510. The molecule has 0 unspecified atom stereocenters. The molecule has 0 atom stereocenters. The quantitative estimate of drug-likeness (QED) is 0.466. The molecule has 0 saturated heterocycles. The normalized spacial score (nSPS) is 11.7. The molecule has 94 valence electrons. The maximum absolute atomic E-state index is 10.6. The average molecular weight is 270 g/mol. The van der Waals surface area contributed by atoms with E-state index in [0.717, 1.165) is 12.3 Å². The Morgan fingerprint density at radius 1 is 1.28 bits per heavy atom. The summed E-state index contributed by atoms with van der Waals surface area (Å²) in [5.74, 6) is 0. The minimum absolute atomic E-state index is 0.429. The number of hydrogen-bond donors (Lipinski definition) is 0. The Morgan fingerprint density at radius 2 is 1.89 bits per heavy atom. The van der Waals surface area contributed by atoms with Crippen molar-refractivity contribution in [3.63, 3.8) is 0 Å². The Morgan fingerprint density at radius 3 is 2.39 bits per heavy atom. The van der Waals surface area contributed by atoms with Gasteiger partial charge in [0.15, 0.2) is 0 Å². The van der Waals surface area contributed by atoms with Crippen LogP contribution >= 0.6 is 11.6 Å². The third-order valence-electron chi connectivity index (χ3n) is 1.83. The standard InChI is InChI=1S/C10H8ClN3O4/c11-8-1-3-9(4-2-8)12-7-10(14(17)18)5-6-13(15)16/h1-5,7H,6H2/b10-5-,12-7?. The molecule has 0 bridgehead atoms. The maximum atomic E-state index is 10.6. The van der Waals surface area contributed by atoms with Gasteiger partial charge in [0.25, 0.3) is 5.70 Å². The van der Waals surface area contributed by atoms with Crippen molar-refractivity contribution in [2.24, 2.45) is 4.99 Å². The summed E-state index contributed by atoms with van der Waals surface area (Å²) in [6.07, 6.45) is 1.85. The molecule has 0 saturated carbocycles. The SMILES string of the molecule is O=[N+]([O-])C/C=C(/C=Nc1ccc(Cl)cc1)[N+](=O)[O-]. The van der Waals surface area contributed by atoms with Gasteiger partial charge in [0.2, 0.25) is 6.54 Å². The fraction of sp³-hybridized carbons (Fsp3) is 0.100. The molecule has 0 spiro atoms. The highest BCUT2D eigenvalue weighted by Gasteiger charge is 2.08. The fourth-order valence-corrected chi connectivity index (χ4v) is 1.14. The molecule has 0 fully saturated rings. The zero-order valence-corrected chi connectivity index (χ0v) is 9.78. The van der Waals surface area contributed by atoms with Crippen LogP contribution in [-0.2, 0) is 0 Å². The lowest BCUT2D eigenvalue weighted by Crippen LogP contribution is -2.04. The van der Waals surface area contributed by atoms with Crippen molar-refractivity contribution in [1.82, 2.24) is 0 Å². The second-order valence-corrected chi connectivity index (χ2v) is 3.57. The second kappa shape index (κ2) is 6.45. The minimum Gasteiger partial charge on any atom is -0.264 e. The predicted octanol–water partition coefficient (Wildman–Crippen LogP) is 2.48. The summed E-state index contributed by atoms with van der Waals surface area (Å²) >= 11 is 5.66. The zero-order chi connectivity index (χ0) is 13.5. The predicted molar refractivity (Wildman–Crippen MR) is 66.5 cm³/mol. The maximum Gasteiger partial charge on any atom is 0.290 e. The third-order valence-corrected chi connectivity index (χ3v) is 2.08. The van der Waals surface area contributed by atoms with Crippen molar-refractivity contribution >= 4 is 23.5 Å². The first-order chi connectivity index (χ1) is 8.49. The van der Waals surface area contributed by atoms with Gasteiger partial charge in [-0.2, -0.15) is 0 Å². The summed E-state index contributed by atoms with van der Waals surface area (Å²) in [5, 5.41) is 21.2. The second-order valence-electron chi connectivity index (χ2n) is 3.14. The molecule has 0 aromatic heterocycles. The number of benzene rings is 1. The molecule has 0 N–H and O–H groups in total. The molecule has 0 heterocycles. The van der Waals surface area contributed by atoms with Gasteiger partial charge in [-0.05, 0) is 24.3 Å². The lowest BCUT2D eigenvalue weighted by Gasteiger charge is -1.93. The highest BCUT2D eigenvalue weighted by Crippen LogP contribution is 2.16. The first-order valence-electron chi connectivity index (χ1n) is 4.75. The van der Waals surface area contributed by atoms with Crippen molar-refractivity contribution in [1.29, 1.82) is 0 Å². The lowest BCUT2D eigenvalue weighted by molar-refractivity contribution is -0.471. The van der Waals surface area contributed by atoms with Crippen molar-refractivity contribution < 1.29 is 9.85 Å². The Hall–Kier alpha value is -2.28. The smallest absolute Gasteiger partial charge is 0.264 e. The molecule has 0 aliphatic carbocycles. The van der Waals surface area contributed by atoms with Crippen LogP contribution in [0.25, 0.3) is 0 Å². The largest absolute Gasteiger partial charge is 0.290 e. The molecular formula is C10H8ClN3O4. The molecule has 0 radical (unpaired) electrons. The average Bonchev–Trinajstić information content (AvgIpc) is 2.30. The van der Waals surface area contributed by atoms with Gasteiger partial charge in [0.1, 0.15) is 6.21 Å². The van der Waals surface area contributed by atoms with Crippen LogP contribution in [0.3, 0.4) is 0 Å². The van der Waals surface area contributed by atoms with Gasteiger partial charge in [0, 0.05) is 9.95 Å². The highest BCUT2D eigenvalue weighted by atomic mass is 35.5. The van der Waals surface area contributed by atoms with Crippen LogP contribution < -0.4 is 0 Å². The highest BCUT2D eigenvalue weighted by molar-refractivity contribution is 6.30. The summed E-state index contributed by atoms with van der Waals surface area (Å²) in [4.78, 5) is 23.1. The van der Waals surface area contributed by atoms with E-state index in [1.807, 2.05) is 0 Å². The molecule has 1 aromatic rings. The van der Waals surface area contributed by atoms with Crippen LogP contribution in [0.5, 0.6) is 0 Å². The first-order valence-corrected chi connectivity index (χ1v) is 5.13. The van der Waals surface area contributed by atoms with Crippen LogP contribution in [0.15, 0.2) is 41.0 Å². The van der Waals surface area contributed by atoms with Crippen LogP contribution in [0.1, 0.15) is 0 Å². The summed E-state index contributed by atoms with van der Waals surface area (Å²) in [6, 6.07) is 6.31. The van der Waals surface area contributed by atoms with Crippen molar-refractivity contribution in [2.45, 2.75) is 0 Å². The van der Waals surface area contributed by atoms with Crippen molar-refractivity contribution in [2.75, 3.05) is 6.54 Å². The van der Waals surface area contributed by atoms with Crippen LogP contribution in [0.4, 0.5) is 5.69 Å². The van der Waals surface area contributed by atoms with E-state index in [-0.39, 0.29) is 0 Å². The molecule has 1 rings (SSSR count). The van der Waals surface area contributed by atoms with E-state index in [1.54, 1.807) is 24.3 Å². The molecule has 7 nitrogen and oxygen atoms in total. The Kier molecular flexibility index (Phi) is 4.94. The Labute approximate surface area is 107 Å². The van der Waals surface area contributed by atoms with E-state index in [0.29, 0.717) is 10.7 Å². The third kappa shape index (κ3) is 4.71. The molecule has 0 amide bonds. The number of nitrogens with zero attached hydrogens (tertiary/aromatic N) is 3. The summed E-state index contributed by atoms with van der Waals surface area (Å²) in [5.41, 5.74) is 0.0369. The summed E-state index contributed by atoms with van der Waals surface area (Å²) in [7, 11) is 0. The lowest BCUT2D eigenvalue weighted by atomic mass is 10.3. The fourth-order valence-electron chi connectivity index (χ4n) is 1.01. The van der Waals surface area contributed by atoms with E-state index in [1.165, 1.54) is 0 Å². The van der Waals surface area contributed by atoms with Gasteiger partial charge < -0.3 is 0 Å². The molecule has 0 aliphatic heterocycles. The molecule has 0 aliphatic rings. The molecule has 18 heavy (non-hydrogen) atoms. The number of aliphatic imine (C=N–C) groups is 1. The van der Waals surface area contributed by atoms with Crippen LogP contribution in [0, 0.1) is 20.2 Å². The van der Waals surface area contributed by atoms with Crippen LogP contribution in [-0.4, -0.2) is 22.6 Å². The molecular weight excluding hydrogens is 262 g/mol. The van der Waals surface area contributed by atoms with Gasteiger partial charge in [0.05, 0.1) is 16.7 Å². The van der Waals surface area contributed by atoms with Gasteiger partial charge >= 0.3 is 0 Å².